The van der Waals surface area contributed by atoms with Gasteiger partial charge in [-0.15, -0.1) is 47.5 Å². The molecule has 7 heteroatoms. The van der Waals surface area contributed by atoms with Gasteiger partial charge in [0.25, 0.3) is 0 Å². The summed E-state index contributed by atoms with van der Waals surface area (Å²) in [6, 6.07) is 33.1. The Morgan fingerprint density at radius 2 is 1.35 bits per heavy atom. The van der Waals surface area contributed by atoms with Crippen molar-refractivity contribution >= 4 is 17.1 Å². The van der Waals surface area contributed by atoms with Crippen LogP contribution in [0.2, 0.25) is 0 Å². The van der Waals surface area contributed by atoms with Gasteiger partial charge in [0.2, 0.25) is 0 Å². The summed E-state index contributed by atoms with van der Waals surface area (Å²) in [5.41, 5.74) is 5.77. The van der Waals surface area contributed by atoms with E-state index in [0.717, 1.165) is 51.3 Å². The van der Waals surface area contributed by atoms with E-state index in [1.807, 2.05) is 60.7 Å². The fourth-order valence-corrected chi connectivity index (χ4v) is 5.19. The third kappa shape index (κ3) is 4.54. The molecule has 0 fully saturated rings. The predicted octanol–water partition coefficient (Wildman–Crippen LogP) is 9.50. The first kappa shape index (κ1) is 20.8. The van der Waals surface area contributed by atoms with E-state index in [0.29, 0.717) is 22.8 Å². The van der Waals surface area contributed by atoms with Gasteiger partial charge < -0.3 is 29.1 Å². The van der Waals surface area contributed by atoms with Crippen molar-refractivity contribution in [1.82, 2.24) is 9.97 Å². The molecule has 6 aromatic rings. The quantitative estimate of drug-likeness (QED) is 0.165. The van der Waals surface area contributed by atoms with E-state index in [9.17, 15) is 0 Å². The van der Waals surface area contributed by atoms with E-state index in [-0.39, 0.29) is 31.2 Å². The monoisotopic (exact) mass is 744 g/mol. The van der Waals surface area contributed by atoms with E-state index in [2.05, 4.69) is 27.0 Å². The van der Waals surface area contributed by atoms with Crippen LogP contribution in [-0.2, 0) is 20.1 Å². The molecule has 0 saturated heterocycles. The number of ether oxygens (including phenoxy) is 3. The van der Waals surface area contributed by atoms with Crippen LogP contribution in [0.4, 0.5) is 17.1 Å². The van der Waals surface area contributed by atoms with Crippen molar-refractivity contribution in [3.63, 3.8) is 0 Å². The molecule has 0 N–H and O–H groups in total. The summed E-state index contributed by atoms with van der Waals surface area (Å²) < 4.78 is 62.3. The molecule has 0 unspecified atom stereocenters. The van der Waals surface area contributed by atoms with Gasteiger partial charge >= 0.3 is 0 Å². The maximum absolute atomic E-state index is 7.28. The second-order valence-corrected chi connectivity index (χ2v) is 9.69. The van der Waals surface area contributed by atoms with E-state index in [4.69, 9.17) is 22.4 Å². The standard InChI is InChI=1S/C23H11N2O3.C13H12N.Ir/c1-2-12-24-14(5-1)13-10-11-19-22-23(13)28-18-9-4-8-17-21(18)25(22)20-15(26-17)6-3-7-16(20)27-19;1-10-3-6-12(7-4-10)13-8-5-11(2)9-14-13;/h1-9,11-12H;3-6,8-9H,1-2H3;/q2*-1;/i;1D3,2D3;. The Labute approximate surface area is 271 Å². The van der Waals surface area contributed by atoms with Crippen LogP contribution in [-0.4, -0.2) is 9.97 Å². The number of nitrogens with zero attached hydrogens (tertiary/aromatic N) is 3. The van der Waals surface area contributed by atoms with Crippen molar-refractivity contribution in [2.75, 3.05) is 4.90 Å². The maximum atomic E-state index is 7.28. The number of para-hydroxylation sites is 2. The molecule has 6 nitrogen and oxygen atoms in total. The van der Waals surface area contributed by atoms with Gasteiger partial charge in [0, 0.05) is 46.4 Å². The van der Waals surface area contributed by atoms with Crippen molar-refractivity contribution in [3.8, 4) is 57.0 Å². The number of benzene rings is 4. The molecule has 43 heavy (non-hydrogen) atoms. The Morgan fingerprint density at radius 1 is 0.628 bits per heavy atom. The predicted molar refractivity (Wildman–Crippen MR) is 161 cm³/mol. The van der Waals surface area contributed by atoms with Crippen LogP contribution >= 0.6 is 0 Å². The molecule has 3 aliphatic rings. The van der Waals surface area contributed by atoms with E-state index < -0.39 is 13.7 Å². The molecule has 0 spiro atoms. The Bertz CT molecular complexity index is 2100. The van der Waals surface area contributed by atoms with Crippen LogP contribution in [0.15, 0.2) is 103 Å². The van der Waals surface area contributed by atoms with Gasteiger partial charge in [-0.25, -0.2) is 0 Å². The van der Waals surface area contributed by atoms with Crippen LogP contribution in [0, 0.1) is 25.8 Å². The average Bonchev–Trinajstić information content (AvgIpc) is 3.08. The molecule has 5 heterocycles. The van der Waals surface area contributed by atoms with Crippen LogP contribution in [0.1, 0.15) is 19.4 Å². The molecule has 0 amide bonds. The minimum atomic E-state index is -2.18. The van der Waals surface area contributed by atoms with Crippen LogP contribution in [0.25, 0.3) is 22.5 Å². The molecule has 0 atom stereocenters. The third-order valence-electron chi connectivity index (χ3n) is 7.04. The van der Waals surface area contributed by atoms with Crippen LogP contribution < -0.4 is 19.1 Å². The molecule has 4 aromatic carbocycles. The normalized spacial score (nSPS) is 14.9. The second kappa shape index (κ2) is 10.7. The van der Waals surface area contributed by atoms with Crippen LogP contribution in [0.3, 0.4) is 0 Å². The van der Waals surface area contributed by atoms with Crippen molar-refractivity contribution in [2.45, 2.75) is 13.7 Å². The molecular formula is C36H23IrN3O3-2. The average molecular weight is 744 g/mol. The van der Waals surface area contributed by atoms with E-state index >= 15 is 0 Å². The Kier molecular flexibility index (Phi) is 5.18. The number of hydrogen-bond acceptors (Lipinski definition) is 6. The summed E-state index contributed by atoms with van der Waals surface area (Å²) in [4.78, 5) is 10.7. The molecule has 0 bridgehead atoms. The second-order valence-electron chi connectivity index (χ2n) is 9.69. The van der Waals surface area contributed by atoms with Gasteiger partial charge in [0.1, 0.15) is 22.9 Å². The Morgan fingerprint density at radius 3 is 1.98 bits per heavy atom. The molecule has 9 rings (SSSR count). The van der Waals surface area contributed by atoms with E-state index in [1.165, 1.54) is 24.4 Å². The number of rotatable bonds is 2. The van der Waals surface area contributed by atoms with Crippen LogP contribution in [0.5, 0.6) is 34.5 Å². The first-order valence-corrected chi connectivity index (χ1v) is 13.2. The summed E-state index contributed by atoms with van der Waals surface area (Å²) in [7, 11) is 0. The minimum absolute atomic E-state index is 0. The van der Waals surface area contributed by atoms with Gasteiger partial charge in [-0.1, -0.05) is 48.8 Å². The van der Waals surface area contributed by atoms with Crippen molar-refractivity contribution in [1.29, 1.82) is 0 Å². The zero-order chi connectivity index (χ0) is 33.2. The van der Waals surface area contributed by atoms with Gasteiger partial charge in [-0.3, -0.25) is 0 Å². The summed E-state index contributed by atoms with van der Waals surface area (Å²) in [5, 5.41) is 0. The third-order valence-corrected chi connectivity index (χ3v) is 7.04. The Hall–Kier alpha value is -4.97. The van der Waals surface area contributed by atoms with Crippen molar-refractivity contribution in [3.05, 3.63) is 127 Å². The summed E-state index contributed by atoms with van der Waals surface area (Å²) in [6.45, 7) is -4.34. The first-order valence-electron chi connectivity index (χ1n) is 16.2. The molecule has 0 aliphatic carbocycles. The molecule has 0 saturated carbocycles. The van der Waals surface area contributed by atoms with Gasteiger partial charge in [0.05, 0.1) is 11.5 Å². The largest absolute Gasteiger partial charge is 0.497 e. The first-order chi connectivity index (χ1) is 23.1. The van der Waals surface area contributed by atoms with Crippen molar-refractivity contribution < 1.29 is 42.5 Å². The number of aromatic nitrogens is 2. The summed E-state index contributed by atoms with van der Waals surface area (Å²) in [5.74, 6) is 4.37. The smallest absolute Gasteiger partial charge is 0.155 e. The molecule has 1 radical (unpaired) electrons. The maximum Gasteiger partial charge on any atom is 0.155 e. The molecule has 3 aliphatic heterocycles. The summed E-state index contributed by atoms with van der Waals surface area (Å²) in [6.07, 6.45) is 3.07. The molecule has 211 valence electrons. The number of hydrogen-bond donors (Lipinski definition) is 0. The SMILES string of the molecule is [2H]C([2H])([2H])c1c[c-]c(-c2ccc(C([2H])([2H])[2H])cn2)cc1.[Ir].[c-]1cc2c3c(c1-c1ccccn1)Oc1cccc4c1N3c1c(cccc1O2)O4. The molecular weight excluding hydrogens is 715 g/mol. The number of aryl methyl sites for hydroxylation is 2. The topological polar surface area (TPSA) is 56.7 Å². The fourth-order valence-electron chi connectivity index (χ4n) is 5.19. The van der Waals surface area contributed by atoms with Gasteiger partial charge in [0.15, 0.2) is 11.5 Å². The van der Waals surface area contributed by atoms with Gasteiger partial charge in [-0.2, -0.15) is 0 Å². The molecule has 2 aromatic heterocycles. The summed E-state index contributed by atoms with van der Waals surface area (Å²) >= 11 is 0. The Balaban J connectivity index is 0.000000161. The van der Waals surface area contributed by atoms with E-state index in [1.54, 1.807) is 18.3 Å². The fraction of sp³-hybridized carbons (Fsp3) is 0.0556. The number of anilines is 3. The zero-order valence-electron chi connectivity index (χ0n) is 28.2. The number of pyridine rings is 2. The van der Waals surface area contributed by atoms with Crippen molar-refractivity contribution in [2.24, 2.45) is 0 Å². The minimum Gasteiger partial charge on any atom is -0.497 e. The zero-order valence-corrected chi connectivity index (χ0v) is 24.6. The van der Waals surface area contributed by atoms with Gasteiger partial charge in [-0.05, 0) is 54.1 Å².